The van der Waals surface area contributed by atoms with Crippen LogP contribution in [0.5, 0.6) is 0 Å². The molecule has 5 unspecified atom stereocenters. The second kappa shape index (κ2) is 6.02. The quantitative estimate of drug-likeness (QED) is 0.797. The summed E-state index contributed by atoms with van der Waals surface area (Å²) < 4.78 is 5.50. The predicted molar refractivity (Wildman–Crippen MR) is 71.0 cm³/mol. The lowest BCUT2D eigenvalue weighted by molar-refractivity contribution is -0.126. The first-order valence-corrected chi connectivity index (χ1v) is 7.22. The number of nitrogens with one attached hydrogen (secondary N) is 1. The Morgan fingerprint density at radius 3 is 2.72 bits per heavy atom. The average molecular weight is 254 g/mol. The van der Waals surface area contributed by atoms with E-state index in [1.165, 1.54) is 0 Å². The van der Waals surface area contributed by atoms with Crippen LogP contribution >= 0.6 is 0 Å². The molecule has 4 nitrogen and oxygen atoms in total. The predicted octanol–water partition coefficient (Wildman–Crippen LogP) is 1.29. The lowest BCUT2D eigenvalue weighted by Crippen LogP contribution is -2.42. The highest BCUT2D eigenvalue weighted by Gasteiger charge is 2.30. The number of rotatable bonds is 3. The summed E-state index contributed by atoms with van der Waals surface area (Å²) >= 11 is 0. The van der Waals surface area contributed by atoms with Crippen LogP contribution in [0.4, 0.5) is 0 Å². The maximum Gasteiger partial charge on any atom is 0.223 e. The molecule has 0 bridgehead atoms. The van der Waals surface area contributed by atoms with Gasteiger partial charge in [-0.15, -0.1) is 0 Å². The Morgan fingerprint density at radius 1 is 1.33 bits per heavy atom. The van der Waals surface area contributed by atoms with Gasteiger partial charge in [-0.05, 0) is 38.5 Å². The van der Waals surface area contributed by atoms with Crippen LogP contribution < -0.4 is 11.1 Å². The third-order valence-electron chi connectivity index (χ3n) is 4.70. The van der Waals surface area contributed by atoms with Gasteiger partial charge in [0.15, 0.2) is 0 Å². The van der Waals surface area contributed by atoms with E-state index in [2.05, 4.69) is 19.2 Å². The topological polar surface area (TPSA) is 64.3 Å². The van der Waals surface area contributed by atoms with Crippen LogP contribution in [0.2, 0.25) is 0 Å². The average Bonchev–Trinajstić information content (AvgIpc) is 2.75. The van der Waals surface area contributed by atoms with E-state index in [1.54, 1.807) is 0 Å². The van der Waals surface area contributed by atoms with Crippen molar-refractivity contribution in [3.05, 3.63) is 0 Å². The monoisotopic (exact) mass is 254 g/mol. The van der Waals surface area contributed by atoms with Crippen molar-refractivity contribution >= 4 is 5.91 Å². The van der Waals surface area contributed by atoms with E-state index in [4.69, 9.17) is 10.5 Å². The fraction of sp³-hybridized carbons (Fsp3) is 0.929. The molecule has 0 aromatic rings. The van der Waals surface area contributed by atoms with Crippen molar-refractivity contribution < 1.29 is 9.53 Å². The van der Waals surface area contributed by atoms with Gasteiger partial charge < -0.3 is 15.8 Å². The van der Waals surface area contributed by atoms with Crippen molar-refractivity contribution in [1.82, 2.24) is 5.32 Å². The number of carbonyl (C=O) groups is 1. The van der Waals surface area contributed by atoms with E-state index in [-0.39, 0.29) is 24.0 Å². The van der Waals surface area contributed by atoms with Crippen LogP contribution in [0.25, 0.3) is 0 Å². The first kappa shape index (κ1) is 13.8. The van der Waals surface area contributed by atoms with Gasteiger partial charge in [0.25, 0.3) is 0 Å². The minimum Gasteiger partial charge on any atom is -0.378 e. The van der Waals surface area contributed by atoms with Crippen LogP contribution in [0.15, 0.2) is 0 Å². The fourth-order valence-corrected chi connectivity index (χ4v) is 3.02. The third-order valence-corrected chi connectivity index (χ3v) is 4.70. The molecule has 18 heavy (non-hydrogen) atoms. The zero-order valence-corrected chi connectivity index (χ0v) is 11.5. The number of carbonyl (C=O) groups excluding carboxylic acids is 1. The van der Waals surface area contributed by atoms with Gasteiger partial charge in [0.1, 0.15) is 0 Å². The summed E-state index contributed by atoms with van der Waals surface area (Å²) in [6.45, 7) is 5.84. The van der Waals surface area contributed by atoms with Crippen LogP contribution in [0.1, 0.15) is 39.5 Å². The highest BCUT2D eigenvalue weighted by atomic mass is 16.5. The molecule has 1 saturated heterocycles. The highest BCUT2D eigenvalue weighted by molar-refractivity contribution is 5.78. The molecule has 0 spiro atoms. The molecule has 1 aliphatic heterocycles. The molecule has 1 saturated carbocycles. The van der Waals surface area contributed by atoms with Gasteiger partial charge in [0.05, 0.1) is 6.10 Å². The summed E-state index contributed by atoms with van der Waals surface area (Å²) in [5.41, 5.74) is 6.05. The number of hydrogen-bond acceptors (Lipinski definition) is 3. The lowest BCUT2D eigenvalue weighted by atomic mass is 9.79. The Hall–Kier alpha value is -0.610. The zero-order chi connectivity index (χ0) is 13.1. The van der Waals surface area contributed by atoms with Gasteiger partial charge in [-0.1, -0.05) is 6.92 Å². The molecule has 2 rings (SSSR count). The molecule has 1 heterocycles. The molecule has 2 fully saturated rings. The van der Waals surface area contributed by atoms with E-state index in [0.717, 1.165) is 38.8 Å². The third kappa shape index (κ3) is 3.23. The molecule has 0 aromatic carbocycles. The SMILES string of the molecule is CC1CCC(C(=O)NCC2CCOC2C)CC1N. The largest absolute Gasteiger partial charge is 0.378 e. The minimum absolute atomic E-state index is 0.119. The van der Waals surface area contributed by atoms with Crippen LogP contribution in [-0.2, 0) is 9.53 Å². The van der Waals surface area contributed by atoms with Crippen molar-refractivity contribution in [1.29, 1.82) is 0 Å². The zero-order valence-electron chi connectivity index (χ0n) is 11.5. The minimum atomic E-state index is 0.119. The summed E-state index contributed by atoms with van der Waals surface area (Å²) in [5.74, 6) is 1.34. The van der Waals surface area contributed by atoms with Crippen LogP contribution in [-0.4, -0.2) is 31.2 Å². The normalized spacial score (nSPS) is 40.7. The van der Waals surface area contributed by atoms with Crippen molar-refractivity contribution in [2.24, 2.45) is 23.5 Å². The molecule has 2 aliphatic rings. The molecule has 0 aromatic heterocycles. The van der Waals surface area contributed by atoms with E-state index >= 15 is 0 Å². The first-order chi connectivity index (χ1) is 8.58. The molecule has 4 heteroatoms. The van der Waals surface area contributed by atoms with Gasteiger partial charge >= 0.3 is 0 Å². The number of nitrogens with two attached hydrogens (primary N) is 1. The fourth-order valence-electron chi connectivity index (χ4n) is 3.02. The molecule has 1 aliphatic carbocycles. The van der Waals surface area contributed by atoms with Gasteiger partial charge in [-0.25, -0.2) is 0 Å². The number of hydrogen-bond donors (Lipinski definition) is 2. The Kier molecular flexibility index (Phi) is 4.62. The van der Waals surface area contributed by atoms with E-state index in [1.807, 2.05) is 0 Å². The Morgan fingerprint density at radius 2 is 2.11 bits per heavy atom. The standard InChI is InChI=1S/C14H26N2O2/c1-9-3-4-11(7-13(9)15)14(17)16-8-12-5-6-18-10(12)2/h9-13H,3-8,15H2,1-2H3,(H,16,17). The highest BCUT2D eigenvalue weighted by Crippen LogP contribution is 2.28. The second-order valence-electron chi connectivity index (χ2n) is 6.02. The second-order valence-corrected chi connectivity index (χ2v) is 6.02. The lowest BCUT2D eigenvalue weighted by Gasteiger charge is -2.31. The van der Waals surface area contributed by atoms with E-state index in [0.29, 0.717) is 11.8 Å². The van der Waals surface area contributed by atoms with Gasteiger partial charge in [-0.2, -0.15) is 0 Å². The van der Waals surface area contributed by atoms with Gasteiger partial charge in [-0.3, -0.25) is 4.79 Å². The van der Waals surface area contributed by atoms with Crippen molar-refractivity contribution in [2.75, 3.05) is 13.2 Å². The summed E-state index contributed by atoms with van der Waals surface area (Å²) in [5, 5.41) is 3.09. The molecular formula is C14H26N2O2. The van der Waals surface area contributed by atoms with E-state index < -0.39 is 0 Å². The van der Waals surface area contributed by atoms with Crippen molar-refractivity contribution in [3.8, 4) is 0 Å². The number of ether oxygens (including phenoxy) is 1. The summed E-state index contributed by atoms with van der Waals surface area (Å²) in [4.78, 5) is 12.1. The molecule has 0 radical (unpaired) electrons. The van der Waals surface area contributed by atoms with Crippen molar-refractivity contribution in [3.63, 3.8) is 0 Å². The molecule has 1 amide bonds. The maximum absolute atomic E-state index is 12.1. The maximum atomic E-state index is 12.1. The van der Waals surface area contributed by atoms with Crippen LogP contribution in [0.3, 0.4) is 0 Å². The Bertz CT molecular complexity index is 296. The first-order valence-electron chi connectivity index (χ1n) is 7.22. The van der Waals surface area contributed by atoms with Crippen molar-refractivity contribution in [2.45, 2.75) is 51.7 Å². The van der Waals surface area contributed by atoms with Crippen LogP contribution in [0, 0.1) is 17.8 Å². The summed E-state index contributed by atoms with van der Waals surface area (Å²) in [6, 6.07) is 0.184. The number of amides is 1. The van der Waals surface area contributed by atoms with E-state index in [9.17, 15) is 4.79 Å². The van der Waals surface area contributed by atoms with Gasteiger partial charge in [0.2, 0.25) is 5.91 Å². The summed E-state index contributed by atoms with van der Waals surface area (Å²) in [7, 11) is 0. The molecule has 104 valence electrons. The Balaban J connectivity index is 1.74. The molecule has 5 atom stereocenters. The Labute approximate surface area is 110 Å². The molecule has 3 N–H and O–H groups in total. The molecular weight excluding hydrogens is 228 g/mol. The van der Waals surface area contributed by atoms with Gasteiger partial charge in [0, 0.05) is 31.0 Å². The smallest absolute Gasteiger partial charge is 0.223 e. The summed E-state index contributed by atoms with van der Waals surface area (Å²) in [6.07, 6.45) is 4.23.